The van der Waals surface area contributed by atoms with Crippen LogP contribution in [0.3, 0.4) is 0 Å². The number of carboxylic acid groups (broad SMARTS) is 2. The number of rotatable bonds is 9. The van der Waals surface area contributed by atoms with Gasteiger partial charge >= 0.3 is 11.9 Å². The average Bonchev–Trinajstić information content (AvgIpc) is 2.92. The molecule has 0 heterocycles. The number of aromatic carboxylic acids is 2. The molecular formula is C29H24N4O6. The van der Waals surface area contributed by atoms with Gasteiger partial charge in [-0.2, -0.15) is 20.5 Å². The zero-order chi connectivity index (χ0) is 27.9. The first-order valence-electron chi connectivity index (χ1n) is 11.8. The summed E-state index contributed by atoms with van der Waals surface area (Å²) in [6, 6.07) is 23.3. The first-order valence-corrected chi connectivity index (χ1v) is 11.8. The molecule has 0 bridgehead atoms. The molecule has 4 aromatic carbocycles. The van der Waals surface area contributed by atoms with Crippen molar-refractivity contribution in [3.05, 3.63) is 96.1 Å². The second kappa shape index (κ2) is 11.8. The fourth-order valence-corrected chi connectivity index (χ4v) is 3.53. The maximum atomic E-state index is 11.6. The van der Waals surface area contributed by atoms with E-state index in [4.69, 9.17) is 9.84 Å². The van der Waals surface area contributed by atoms with Crippen molar-refractivity contribution in [1.82, 2.24) is 0 Å². The fourth-order valence-electron chi connectivity index (χ4n) is 3.53. The van der Waals surface area contributed by atoms with Crippen LogP contribution in [0.4, 0.5) is 22.7 Å². The van der Waals surface area contributed by atoms with E-state index in [0.29, 0.717) is 22.7 Å². The first kappa shape index (κ1) is 26.7. The molecular weight excluding hydrogens is 500 g/mol. The standard InChI is InChI=1S/C29H24N4O6/c1-17(2)39-27-14-12-23(16-25(27)29(37)38)33-31-21-9-5-19(6-10-21)18-3-7-20(8-4-18)30-32-22-11-13-26(34)24(15-22)28(35)36/h3-17,34H,1-2H3,(H,35,36)(H,37,38). The van der Waals surface area contributed by atoms with Crippen molar-refractivity contribution in [3.63, 3.8) is 0 Å². The van der Waals surface area contributed by atoms with Crippen LogP contribution in [0.2, 0.25) is 0 Å². The summed E-state index contributed by atoms with van der Waals surface area (Å²) in [7, 11) is 0. The van der Waals surface area contributed by atoms with E-state index in [-0.39, 0.29) is 28.7 Å². The van der Waals surface area contributed by atoms with E-state index < -0.39 is 11.9 Å². The van der Waals surface area contributed by atoms with E-state index in [2.05, 4.69) is 20.5 Å². The Morgan fingerprint density at radius 1 is 0.615 bits per heavy atom. The molecule has 0 saturated heterocycles. The van der Waals surface area contributed by atoms with Gasteiger partial charge in [0, 0.05) is 0 Å². The van der Waals surface area contributed by atoms with Gasteiger partial charge in [-0.25, -0.2) is 9.59 Å². The minimum Gasteiger partial charge on any atom is -0.507 e. The van der Waals surface area contributed by atoms with Crippen LogP contribution in [-0.2, 0) is 0 Å². The van der Waals surface area contributed by atoms with Crippen molar-refractivity contribution >= 4 is 34.7 Å². The SMILES string of the molecule is CC(C)Oc1ccc(N=Nc2ccc(-c3ccc(N=Nc4ccc(O)c(C(=O)O)c4)cc3)cc2)cc1C(=O)O. The lowest BCUT2D eigenvalue weighted by Crippen LogP contribution is -2.09. The molecule has 10 nitrogen and oxygen atoms in total. The van der Waals surface area contributed by atoms with Gasteiger partial charge in [-0.15, -0.1) is 0 Å². The van der Waals surface area contributed by atoms with Crippen LogP contribution >= 0.6 is 0 Å². The summed E-state index contributed by atoms with van der Waals surface area (Å²) < 4.78 is 5.54. The van der Waals surface area contributed by atoms with E-state index in [1.807, 2.05) is 38.1 Å². The summed E-state index contributed by atoms with van der Waals surface area (Å²) in [5.41, 5.74) is 3.50. The number of carboxylic acids is 2. The molecule has 0 saturated carbocycles. The highest BCUT2D eigenvalue weighted by Crippen LogP contribution is 2.30. The summed E-state index contributed by atoms with van der Waals surface area (Å²) >= 11 is 0. The Morgan fingerprint density at radius 3 is 1.49 bits per heavy atom. The van der Waals surface area contributed by atoms with Gasteiger partial charge in [0.25, 0.3) is 0 Å². The summed E-state index contributed by atoms with van der Waals surface area (Å²) in [6.45, 7) is 3.64. The highest BCUT2D eigenvalue weighted by Gasteiger charge is 2.14. The monoisotopic (exact) mass is 524 g/mol. The zero-order valence-electron chi connectivity index (χ0n) is 21.0. The number of hydrogen-bond donors (Lipinski definition) is 3. The predicted molar refractivity (Wildman–Crippen MR) is 144 cm³/mol. The van der Waals surface area contributed by atoms with Crippen molar-refractivity contribution in [2.75, 3.05) is 0 Å². The van der Waals surface area contributed by atoms with Gasteiger partial charge in [0.1, 0.15) is 22.6 Å². The van der Waals surface area contributed by atoms with E-state index in [1.165, 1.54) is 24.3 Å². The quantitative estimate of drug-likeness (QED) is 0.188. The molecule has 4 aromatic rings. The molecule has 196 valence electrons. The molecule has 3 N–H and O–H groups in total. The molecule has 10 heteroatoms. The minimum absolute atomic E-state index is 0.0200. The molecule has 0 aliphatic rings. The van der Waals surface area contributed by atoms with Crippen LogP contribution in [0.15, 0.2) is 105 Å². The van der Waals surface area contributed by atoms with Crippen LogP contribution in [0.25, 0.3) is 11.1 Å². The van der Waals surface area contributed by atoms with E-state index in [1.54, 1.807) is 36.4 Å². The lowest BCUT2D eigenvalue weighted by Gasteiger charge is -2.12. The Bertz CT molecular complexity index is 1560. The Hall–Kier alpha value is -5.38. The average molecular weight is 525 g/mol. The van der Waals surface area contributed by atoms with Crippen molar-refractivity contribution in [1.29, 1.82) is 0 Å². The normalized spacial score (nSPS) is 11.4. The van der Waals surface area contributed by atoms with E-state index in [9.17, 15) is 19.8 Å². The molecule has 0 radical (unpaired) electrons. The molecule has 0 aliphatic heterocycles. The molecule has 0 aliphatic carbocycles. The van der Waals surface area contributed by atoms with E-state index >= 15 is 0 Å². The molecule has 39 heavy (non-hydrogen) atoms. The lowest BCUT2D eigenvalue weighted by molar-refractivity contribution is 0.0680. The fraction of sp³-hybridized carbons (Fsp3) is 0.103. The highest BCUT2D eigenvalue weighted by molar-refractivity contribution is 5.92. The molecule has 0 fully saturated rings. The molecule has 0 amide bonds. The minimum atomic E-state index is -1.25. The predicted octanol–water partition coefficient (Wildman–Crippen LogP) is 8.07. The van der Waals surface area contributed by atoms with Gasteiger partial charge in [-0.1, -0.05) is 24.3 Å². The number of benzene rings is 4. The van der Waals surface area contributed by atoms with Crippen LogP contribution < -0.4 is 4.74 Å². The number of ether oxygens (including phenoxy) is 1. The third-order valence-corrected chi connectivity index (χ3v) is 5.40. The summed E-state index contributed by atoms with van der Waals surface area (Å²) in [4.78, 5) is 22.7. The van der Waals surface area contributed by atoms with Crippen LogP contribution in [0, 0.1) is 0 Å². The first-order chi connectivity index (χ1) is 18.7. The number of azo groups is 2. The number of hydrogen-bond acceptors (Lipinski definition) is 8. The van der Waals surface area contributed by atoms with Crippen LogP contribution in [-0.4, -0.2) is 33.4 Å². The molecule has 0 unspecified atom stereocenters. The number of carbonyl (C=O) groups is 2. The highest BCUT2D eigenvalue weighted by atomic mass is 16.5. The van der Waals surface area contributed by atoms with Gasteiger partial charge < -0.3 is 20.1 Å². The molecule has 0 aromatic heterocycles. The number of nitrogens with zero attached hydrogens (tertiary/aromatic N) is 4. The molecule has 4 rings (SSSR count). The van der Waals surface area contributed by atoms with Crippen LogP contribution in [0.5, 0.6) is 11.5 Å². The number of aromatic hydroxyl groups is 1. The maximum Gasteiger partial charge on any atom is 0.339 e. The smallest absolute Gasteiger partial charge is 0.339 e. The molecule has 0 spiro atoms. The Balaban J connectivity index is 1.44. The summed E-state index contributed by atoms with van der Waals surface area (Å²) in [5, 5.41) is 44.7. The second-order valence-corrected chi connectivity index (χ2v) is 8.65. The zero-order valence-corrected chi connectivity index (χ0v) is 21.0. The Kier molecular flexibility index (Phi) is 8.06. The van der Waals surface area contributed by atoms with Crippen molar-refractivity contribution in [3.8, 4) is 22.6 Å². The third kappa shape index (κ3) is 6.89. The number of phenols is 1. The summed E-state index contributed by atoms with van der Waals surface area (Å²) in [6.07, 6.45) is -0.158. The van der Waals surface area contributed by atoms with Crippen molar-refractivity contribution in [2.45, 2.75) is 20.0 Å². The third-order valence-electron chi connectivity index (χ3n) is 5.40. The van der Waals surface area contributed by atoms with Gasteiger partial charge in [0.2, 0.25) is 0 Å². The topological polar surface area (TPSA) is 154 Å². The largest absolute Gasteiger partial charge is 0.507 e. The van der Waals surface area contributed by atoms with Crippen LogP contribution in [0.1, 0.15) is 34.6 Å². The lowest BCUT2D eigenvalue weighted by atomic mass is 10.1. The Morgan fingerprint density at radius 2 is 1.03 bits per heavy atom. The van der Waals surface area contributed by atoms with Crippen molar-refractivity contribution in [2.24, 2.45) is 20.5 Å². The maximum absolute atomic E-state index is 11.6. The van der Waals surface area contributed by atoms with Gasteiger partial charge in [0.05, 0.1) is 28.9 Å². The van der Waals surface area contributed by atoms with Gasteiger partial charge in [-0.3, -0.25) is 0 Å². The second-order valence-electron chi connectivity index (χ2n) is 8.65. The van der Waals surface area contributed by atoms with E-state index in [0.717, 1.165) is 11.1 Å². The van der Waals surface area contributed by atoms with Gasteiger partial charge in [0.15, 0.2) is 0 Å². The van der Waals surface area contributed by atoms with Gasteiger partial charge in [-0.05, 0) is 85.6 Å². The molecule has 0 atom stereocenters. The summed E-state index contributed by atoms with van der Waals surface area (Å²) in [5.74, 6) is -2.41. The van der Waals surface area contributed by atoms with Crippen molar-refractivity contribution < 1.29 is 29.6 Å². The Labute approximate surface area is 223 Å².